The fourth-order valence-corrected chi connectivity index (χ4v) is 1.98. The Kier molecular flexibility index (Phi) is 3.15. The first-order chi connectivity index (χ1) is 5.13. The van der Waals surface area contributed by atoms with Crippen LogP contribution < -0.4 is 0 Å². The molecular formula is C6H12O4S. The molecule has 4 N–H and O–H groups in total. The highest BCUT2D eigenvalue weighted by Gasteiger charge is 2.33. The van der Waals surface area contributed by atoms with Crippen LogP contribution in [0.15, 0.2) is 0 Å². The summed E-state index contributed by atoms with van der Waals surface area (Å²) < 4.78 is 0. The van der Waals surface area contributed by atoms with E-state index in [0.29, 0.717) is 11.5 Å². The molecule has 0 amide bonds. The van der Waals surface area contributed by atoms with Crippen molar-refractivity contribution >= 4 is 11.8 Å². The first kappa shape index (κ1) is 9.28. The van der Waals surface area contributed by atoms with E-state index < -0.39 is 24.4 Å². The predicted molar refractivity (Wildman–Crippen MR) is 41.4 cm³/mol. The van der Waals surface area contributed by atoms with Gasteiger partial charge in [-0.25, -0.2) is 0 Å². The monoisotopic (exact) mass is 180 g/mol. The van der Waals surface area contributed by atoms with Crippen LogP contribution in [-0.4, -0.2) is 56.3 Å². The molecule has 1 saturated heterocycles. The largest absolute Gasteiger partial charge is 0.389 e. The molecule has 0 bridgehead atoms. The van der Waals surface area contributed by atoms with Crippen LogP contribution in [-0.2, 0) is 0 Å². The summed E-state index contributed by atoms with van der Waals surface area (Å²) in [6, 6.07) is 0. The third-order valence-electron chi connectivity index (χ3n) is 1.72. The van der Waals surface area contributed by atoms with Crippen molar-refractivity contribution in [1.82, 2.24) is 0 Å². The zero-order valence-corrected chi connectivity index (χ0v) is 6.74. The Balaban J connectivity index is 2.58. The van der Waals surface area contributed by atoms with E-state index in [9.17, 15) is 0 Å². The van der Waals surface area contributed by atoms with E-state index in [1.165, 1.54) is 11.8 Å². The van der Waals surface area contributed by atoms with Gasteiger partial charge in [-0.05, 0) is 0 Å². The quantitative estimate of drug-likeness (QED) is 0.353. The van der Waals surface area contributed by atoms with Gasteiger partial charge in [0.25, 0.3) is 0 Å². The summed E-state index contributed by atoms with van der Waals surface area (Å²) in [6.07, 6.45) is -4.32. The topological polar surface area (TPSA) is 80.9 Å². The molecule has 0 aromatic carbocycles. The molecule has 66 valence electrons. The Labute approximate surface area is 68.9 Å². The molecule has 1 fully saturated rings. The lowest BCUT2D eigenvalue weighted by atomic mass is 10.1. The summed E-state index contributed by atoms with van der Waals surface area (Å²) in [5.74, 6) is 0.713. The Morgan fingerprint density at radius 1 is 0.818 bits per heavy atom. The second-order valence-electron chi connectivity index (χ2n) is 2.65. The van der Waals surface area contributed by atoms with Crippen molar-refractivity contribution in [3.8, 4) is 0 Å². The maximum atomic E-state index is 9.12. The molecule has 5 heteroatoms. The summed E-state index contributed by atoms with van der Waals surface area (Å²) in [7, 11) is 0. The zero-order chi connectivity index (χ0) is 8.43. The van der Waals surface area contributed by atoms with E-state index in [1.54, 1.807) is 0 Å². The normalized spacial score (nSPS) is 46.9. The molecule has 0 saturated carbocycles. The molecule has 4 nitrogen and oxygen atoms in total. The molecule has 0 spiro atoms. The van der Waals surface area contributed by atoms with Crippen LogP contribution in [0, 0.1) is 0 Å². The van der Waals surface area contributed by atoms with Crippen molar-refractivity contribution in [2.24, 2.45) is 0 Å². The first-order valence-corrected chi connectivity index (χ1v) is 4.58. The van der Waals surface area contributed by atoms with Crippen molar-refractivity contribution in [3.05, 3.63) is 0 Å². The zero-order valence-electron chi connectivity index (χ0n) is 5.92. The van der Waals surface area contributed by atoms with Gasteiger partial charge in [-0.1, -0.05) is 0 Å². The Morgan fingerprint density at radius 3 is 1.55 bits per heavy atom. The predicted octanol–water partition coefficient (Wildman–Crippen LogP) is -1.82. The highest BCUT2D eigenvalue weighted by molar-refractivity contribution is 7.99. The van der Waals surface area contributed by atoms with Crippen LogP contribution >= 0.6 is 11.8 Å². The molecular weight excluding hydrogens is 168 g/mol. The minimum absolute atomic E-state index is 0.356. The molecule has 0 aromatic rings. The molecule has 0 aromatic heterocycles. The van der Waals surface area contributed by atoms with Gasteiger partial charge < -0.3 is 20.4 Å². The van der Waals surface area contributed by atoms with Gasteiger partial charge in [0.05, 0.1) is 12.2 Å². The van der Waals surface area contributed by atoms with Gasteiger partial charge >= 0.3 is 0 Å². The van der Waals surface area contributed by atoms with Crippen molar-refractivity contribution in [3.63, 3.8) is 0 Å². The maximum Gasteiger partial charge on any atom is 0.109 e. The van der Waals surface area contributed by atoms with E-state index in [4.69, 9.17) is 20.4 Å². The van der Waals surface area contributed by atoms with E-state index in [0.717, 1.165) is 0 Å². The second kappa shape index (κ2) is 3.73. The number of rotatable bonds is 0. The lowest BCUT2D eigenvalue weighted by Crippen LogP contribution is -2.43. The van der Waals surface area contributed by atoms with Crippen molar-refractivity contribution < 1.29 is 20.4 Å². The Hall–Kier alpha value is 0.190. The van der Waals surface area contributed by atoms with Crippen molar-refractivity contribution in [1.29, 1.82) is 0 Å². The fourth-order valence-electron chi connectivity index (χ4n) is 0.962. The Bertz CT molecular complexity index is 118. The van der Waals surface area contributed by atoms with Crippen LogP contribution in [0.2, 0.25) is 0 Å². The van der Waals surface area contributed by atoms with Gasteiger partial charge in [0, 0.05) is 11.5 Å². The van der Waals surface area contributed by atoms with E-state index >= 15 is 0 Å². The number of hydrogen-bond donors (Lipinski definition) is 4. The lowest BCUT2D eigenvalue weighted by Gasteiger charge is -2.21. The first-order valence-electron chi connectivity index (χ1n) is 3.43. The summed E-state index contributed by atoms with van der Waals surface area (Å²) >= 11 is 1.32. The SMILES string of the molecule is O[C@H]1[C@H](O)[C@@H](O)CSC[C@@H]1O. The number of aliphatic hydroxyl groups excluding tert-OH is 4. The van der Waals surface area contributed by atoms with Crippen LogP contribution in [0.25, 0.3) is 0 Å². The molecule has 1 rings (SSSR count). The molecule has 0 unspecified atom stereocenters. The van der Waals surface area contributed by atoms with Gasteiger partial charge in [0.1, 0.15) is 12.2 Å². The summed E-state index contributed by atoms with van der Waals surface area (Å²) in [5, 5.41) is 36.5. The third-order valence-corrected chi connectivity index (χ3v) is 2.87. The van der Waals surface area contributed by atoms with E-state index in [2.05, 4.69) is 0 Å². The van der Waals surface area contributed by atoms with Gasteiger partial charge in [-0.2, -0.15) is 11.8 Å². The highest BCUT2D eigenvalue weighted by Crippen LogP contribution is 2.18. The molecule has 0 radical (unpaired) electrons. The molecule has 1 heterocycles. The second-order valence-corrected chi connectivity index (χ2v) is 3.73. The summed E-state index contributed by atoms with van der Waals surface area (Å²) in [4.78, 5) is 0. The number of hydrogen-bond acceptors (Lipinski definition) is 5. The third kappa shape index (κ3) is 2.07. The highest BCUT2D eigenvalue weighted by atomic mass is 32.2. The average Bonchev–Trinajstić information content (AvgIpc) is 2.07. The minimum atomic E-state index is -1.22. The Morgan fingerprint density at radius 2 is 1.18 bits per heavy atom. The molecule has 0 aliphatic carbocycles. The van der Waals surface area contributed by atoms with Crippen LogP contribution in [0.3, 0.4) is 0 Å². The van der Waals surface area contributed by atoms with Crippen LogP contribution in [0.1, 0.15) is 0 Å². The molecule has 4 atom stereocenters. The van der Waals surface area contributed by atoms with Gasteiger partial charge in [0.2, 0.25) is 0 Å². The van der Waals surface area contributed by atoms with Gasteiger partial charge in [-0.3, -0.25) is 0 Å². The number of aliphatic hydroxyl groups is 4. The number of thioether (sulfide) groups is 1. The smallest absolute Gasteiger partial charge is 0.109 e. The fraction of sp³-hybridized carbons (Fsp3) is 1.00. The van der Waals surface area contributed by atoms with E-state index in [1.807, 2.05) is 0 Å². The standard InChI is InChI=1S/C6H12O4S/c7-3-1-11-2-4(8)6(10)5(3)9/h3-10H,1-2H2/t3-,4-,5+,6+/m0/s1. The van der Waals surface area contributed by atoms with Gasteiger partial charge in [-0.15, -0.1) is 0 Å². The van der Waals surface area contributed by atoms with Gasteiger partial charge in [0.15, 0.2) is 0 Å². The minimum Gasteiger partial charge on any atom is -0.389 e. The summed E-state index contributed by atoms with van der Waals surface area (Å²) in [6.45, 7) is 0. The van der Waals surface area contributed by atoms with Crippen molar-refractivity contribution in [2.75, 3.05) is 11.5 Å². The van der Waals surface area contributed by atoms with Crippen LogP contribution in [0.4, 0.5) is 0 Å². The van der Waals surface area contributed by atoms with E-state index in [-0.39, 0.29) is 0 Å². The van der Waals surface area contributed by atoms with Crippen molar-refractivity contribution in [2.45, 2.75) is 24.4 Å². The average molecular weight is 180 g/mol. The maximum absolute atomic E-state index is 9.12. The molecule has 1 aliphatic heterocycles. The summed E-state index contributed by atoms with van der Waals surface area (Å²) in [5.41, 5.74) is 0. The molecule has 1 aliphatic rings. The van der Waals surface area contributed by atoms with Crippen LogP contribution in [0.5, 0.6) is 0 Å². The lowest BCUT2D eigenvalue weighted by molar-refractivity contribution is -0.0894. The molecule has 11 heavy (non-hydrogen) atoms.